The highest BCUT2D eigenvalue weighted by molar-refractivity contribution is 5.98. The zero-order valence-electron chi connectivity index (χ0n) is 21.9. The molecule has 1 heterocycles. The molecule has 0 radical (unpaired) electrons. The Labute approximate surface area is 223 Å². The number of carbonyl (C=O) groups excluding carboxylic acids is 2. The normalized spacial score (nSPS) is 17.0. The summed E-state index contributed by atoms with van der Waals surface area (Å²) in [4.78, 5) is 30.6. The number of nitrogens with zero attached hydrogens (tertiary/aromatic N) is 2. The maximum absolute atomic E-state index is 13.5. The fourth-order valence-corrected chi connectivity index (χ4v) is 4.87. The van der Waals surface area contributed by atoms with E-state index in [1.165, 1.54) is 29.8 Å². The molecule has 2 atom stereocenters. The second kappa shape index (κ2) is 12.7. The molecule has 1 aliphatic heterocycles. The summed E-state index contributed by atoms with van der Waals surface area (Å²) in [6, 6.07) is 21.0. The number of amides is 2. The molecule has 2 amide bonds. The molecule has 0 saturated carbocycles. The van der Waals surface area contributed by atoms with Crippen LogP contribution in [0.3, 0.4) is 0 Å². The molecule has 8 heteroatoms. The van der Waals surface area contributed by atoms with Gasteiger partial charge < -0.3 is 20.7 Å². The van der Waals surface area contributed by atoms with Gasteiger partial charge in [0.1, 0.15) is 17.6 Å². The van der Waals surface area contributed by atoms with Gasteiger partial charge in [-0.05, 0) is 60.9 Å². The van der Waals surface area contributed by atoms with E-state index >= 15 is 0 Å². The molecule has 3 aromatic carbocycles. The van der Waals surface area contributed by atoms with Gasteiger partial charge in [-0.25, -0.2) is 4.39 Å². The minimum absolute atomic E-state index is 0.0828. The summed E-state index contributed by atoms with van der Waals surface area (Å²) in [5.74, 6) is -0.167. The van der Waals surface area contributed by atoms with E-state index in [0.717, 1.165) is 16.9 Å². The first kappa shape index (κ1) is 27.3. The molecular weight excluding hydrogens is 483 g/mol. The molecule has 1 aliphatic rings. The Kier molecular flexibility index (Phi) is 9.10. The Bertz CT molecular complexity index is 1230. The Morgan fingerprint density at radius 2 is 1.76 bits per heavy atom. The number of hydrogen-bond acceptors (Lipinski definition) is 5. The quantitative estimate of drug-likeness (QED) is 0.429. The Balaban J connectivity index is 1.63. The van der Waals surface area contributed by atoms with Crippen molar-refractivity contribution in [2.45, 2.75) is 38.5 Å². The van der Waals surface area contributed by atoms with Crippen LogP contribution in [0.1, 0.15) is 33.5 Å². The Hall–Kier alpha value is -3.75. The van der Waals surface area contributed by atoms with Crippen molar-refractivity contribution in [1.82, 2.24) is 15.1 Å². The highest BCUT2D eigenvalue weighted by Crippen LogP contribution is 2.28. The summed E-state index contributed by atoms with van der Waals surface area (Å²) in [5, 5.41) is 2.85. The van der Waals surface area contributed by atoms with Gasteiger partial charge in [0.15, 0.2) is 0 Å². The van der Waals surface area contributed by atoms with Crippen LogP contribution in [0, 0.1) is 12.7 Å². The minimum atomic E-state index is -0.657. The molecule has 1 saturated heterocycles. The molecular formula is C30H35FN4O3. The van der Waals surface area contributed by atoms with E-state index in [1.54, 1.807) is 12.0 Å². The molecule has 0 spiro atoms. The molecule has 7 nitrogen and oxygen atoms in total. The molecule has 200 valence electrons. The second-order valence-corrected chi connectivity index (χ2v) is 9.69. The zero-order chi connectivity index (χ0) is 27.1. The standard InChI is InChI=1S/C30H35FN4O3/c1-21-6-8-22(9-7-21)18-34(19-23-4-3-5-27(16-23)38-2)26-17-28(29(36)33-15-14-32)35(20-26)30(37)24-10-12-25(31)13-11-24/h3-13,16,26,28H,14-15,17-20,32H2,1-2H3,(H,33,36). The minimum Gasteiger partial charge on any atom is -0.497 e. The predicted molar refractivity (Wildman–Crippen MR) is 145 cm³/mol. The van der Waals surface area contributed by atoms with Crippen LogP contribution in [0.2, 0.25) is 0 Å². The van der Waals surface area contributed by atoms with Gasteiger partial charge in [-0.15, -0.1) is 0 Å². The number of methoxy groups -OCH3 is 1. The second-order valence-electron chi connectivity index (χ2n) is 9.69. The van der Waals surface area contributed by atoms with Crippen LogP contribution < -0.4 is 15.8 Å². The van der Waals surface area contributed by atoms with Crippen LogP contribution >= 0.6 is 0 Å². The van der Waals surface area contributed by atoms with Crippen LogP contribution in [-0.4, -0.2) is 60.4 Å². The van der Waals surface area contributed by atoms with Crippen molar-refractivity contribution in [3.63, 3.8) is 0 Å². The van der Waals surface area contributed by atoms with E-state index in [4.69, 9.17) is 10.5 Å². The number of halogens is 1. The average Bonchev–Trinajstić information content (AvgIpc) is 3.38. The summed E-state index contributed by atoms with van der Waals surface area (Å²) >= 11 is 0. The first-order valence-electron chi connectivity index (χ1n) is 12.8. The molecule has 3 aromatic rings. The maximum Gasteiger partial charge on any atom is 0.254 e. The van der Waals surface area contributed by atoms with E-state index in [0.29, 0.717) is 44.7 Å². The average molecular weight is 519 g/mol. The van der Waals surface area contributed by atoms with Gasteiger partial charge in [0.2, 0.25) is 5.91 Å². The van der Waals surface area contributed by atoms with E-state index in [2.05, 4.69) is 41.4 Å². The van der Waals surface area contributed by atoms with Gasteiger partial charge >= 0.3 is 0 Å². The Morgan fingerprint density at radius 3 is 2.45 bits per heavy atom. The van der Waals surface area contributed by atoms with Gasteiger partial charge in [0.05, 0.1) is 7.11 Å². The van der Waals surface area contributed by atoms with Crippen molar-refractivity contribution in [2.75, 3.05) is 26.7 Å². The number of nitrogens with two attached hydrogens (primary N) is 1. The van der Waals surface area contributed by atoms with E-state index < -0.39 is 11.9 Å². The van der Waals surface area contributed by atoms with Crippen molar-refractivity contribution >= 4 is 11.8 Å². The lowest BCUT2D eigenvalue weighted by atomic mass is 10.1. The lowest BCUT2D eigenvalue weighted by molar-refractivity contribution is -0.124. The SMILES string of the molecule is COc1cccc(CN(Cc2ccc(C)cc2)C2CC(C(=O)NCCN)N(C(=O)c3ccc(F)cc3)C2)c1. The third-order valence-electron chi connectivity index (χ3n) is 6.92. The van der Waals surface area contributed by atoms with Crippen LogP contribution in [-0.2, 0) is 17.9 Å². The molecule has 0 bridgehead atoms. The van der Waals surface area contributed by atoms with Crippen LogP contribution in [0.15, 0.2) is 72.8 Å². The van der Waals surface area contributed by atoms with Gasteiger partial charge in [0.25, 0.3) is 5.91 Å². The number of likely N-dealkylation sites (tertiary alicyclic amines) is 1. The molecule has 0 aliphatic carbocycles. The molecule has 4 rings (SSSR count). The first-order chi connectivity index (χ1) is 18.4. The lowest BCUT2D eigenvalue weighted by Crippen LogP contribution is -2.47. The highest BCUT2D eigenvalue weighted by atomic mass is 19.1. The number of aryl methyl sites for hydroxylation is 1. The maximum atomic E-state index is 13.5. The molecule has 0 aromatic heterocycles. The molecule has 38 heavy (non-hydrogen) atoms. The fraction of sp³-hybridized carbons (Fsp3) is 0.333. The van der Waals surface area contributed by atoms with Gasteiger partial charge in [-0.1, -0.05) is 42.0 Å². The summed E-state index contributed by atoms with van der Waals surface area (Å²) < 4.78 is 18.9. The van der Waals surface area contributed by atoms with E-state index in [1.807, 2.05) is 24.3 Å². The van der Waals surface area contributed by atoms with E-state index in [-0.39, 0.29) is 17.9 Å². The largest absolute Gasteiger partial charge is 0.497 e. The van der Waals surface area contributed by atoms with Crippen molar-refractivity contribution < 1.29 is 18.7 Å². The third kappa shape index (κ3) is 6.76. The summed E-state index contributed by atoms with van der Waals surface area (Å²) in [7, 11) is 1.64. The zero-order valence-corrected chi connectivity index (χ0v) is 21.9. The Morgan fingerprint density at radius 1 is 1.05 bits per heavy atom. The van der Waals surface area contributed by atoms with Crippen LogP contribution in [0.4, 0.5) is 4.39 Å². The van der Waals surface area contributed by atoms with Crippen molar-refractivity contribution in [3.8, 4) is 5.75 Å². The van der Waals surface area contributed by atoms with Crippen molar-refractivity contribution in [3.05, 3.63) is 101 Å². The number of ether oxygens (including phenoxy) is 1. The van der Waals surface area contributed by atoms with Crippen LogP contribution in [0.25, 0.3) is 0 Å². The number of benzene rings is 3. The van der Waals surface area contributed by atoms with Gasteiger partial charge in [-0.2, -0.15) is 0 Å². The molecule has 1 fully saturated rings. The topological polar surface area (TPSA) is 87.9 Å². The smallest absolute Gasteiger partial charge is 0.254 e. The van der Waals surface area contributed by atoms with Gasteiger partial charge in [0, 0.05) is 44.3 Å². The van der Waals surface area contributed by atoms with Gasteiger partial charge in [-0.3, -0.25) is 14.5 Å². The van der Waals surface area contributed by atoms with E-state index in [9.17, 15) is 14.0 Å². The molecule has 2 unspecified atom stereocenters. The monoisotopic (exact) mass is 518 g/mol. The summed E-state index contributed by atoms with van der Waals surface area (Å²) in [6.45, 7) is 4.33. The molecule has 3 N–H and O–H groups in total. The third-order valence-corrected chi connectivity index (χ3v) is 6.92. The number of carbonyl (C=O) groups is 2. The number of nitrogens with one attached hydrogen (secondary N) is 1. The lowest BCUT2D eigenvalue weighted by Gasteiger charge is -2.29. The summed E-state index contributed by atoms with van der Waals surface area (Å²) in [5.41, 5.74) is 9.36. The van der Waals surface area contributed by atoms with Crippen molar-refractivity contribution in [2.24, 2.45) is 5.73 Å². The number of rotatable bonds is 10. The van der Waals surface area contributed by atoms with Crippen molar-refractivity contribution in [1.29, 1.82) is 0 Å². The predicted octanol–water partition coefficient (Wildman–Crippen LogP) is 3.50. The number of hydrogen-bond donors (Lipinski definition) is 2. The first-order valence-corrected chi connectivity index (χ1v) is 12.8. The highest BCUT2D eigenvalue weighted by Gasteiger charge is 2.42. The fourth-order valence-electron chi connectivity index (χ4n) is 4.87. The summed E-state index contributed by atoms with van der Waals surface area (Å²) in [6.07, 6.45) is 0.471. The van der Waals surface area contributed by atoms with Crippen LogP contribution in [0.5, 0.6) is 5.75 Å².